The molecule has 0 saturated carbocycles. The summed E-state index contributed by atoms with van der Waals surface area (Å²) in [5.41, 5.74) is 1.70. The van der Waals surface area contributed by atoms with E-state index in [0.717, 1.165) is 24.8 Å². The van der Waals surface area contributed by atoms with Crippen molar-refractivity contribution in [3.8, 4) is 0 Å². The number of nitrogens with zero attached hydrogens (tertiary/aromatic N) is 1. The summed E-state index contributed by atoms with van der Waals surface area (Å²) in [4.78, 5) is 0.297. The van der Waals surface area contributed by atoms with Crippen LogP contribution in [0.5, 0.6) is 0 Å². The Labute approximate surface area is 108 Å². The molecule has 0 spiro atoms. The molecular formula is C13H19NO3S. The average molecular weight is 269 g/mol. The Hall–Kier alpha value is -0.910. The minimum Gasteiger partial charge on any atom is -0.392 e. The Kier molecular flexibility index (Phi) is 4.04. The third-order valence-electron chi connectivity index (χ3n) is 3.43. The van der Waals surface area contributed by atoms with Crippen LogP contribution < -0.4 is 0 Å². The van der Waals surface area contributed by atoms with Crippen molar-refractivity contribution < 1.29 is 13.5 Å². The van der Waals surface area contributed by atoms with E-state index in [4.69, 9.17) is 0 Å². The minimum absolute atomic E-state index is 0.119. The first-order valence-corrected chi connectivity index (χ1v) is 7.76. The van der Waals surface area contributed by atoms with Crippen molar-refractivity contribution in [3.63, 3.8) is 0 Å². The first-order valence-electron chi connectivity index (χ1n) is 6.32. The van der Waals surface area contributed by atoms with Gasteiger partial charge >= 0.3 is 0 Å². The van der Waals surface area contributed by atoms with E-state index in [0.29, 0.717) is 23.5 Å². The number of aryl methyl sites for hydroxylation is 1. The van der Waals surface area contributed by atoms with E-state index in [1.807, 2.05) is 6.92 Å². The fourth-order valence-electron chi connectivity index (χ4n) is 2.33. The molecule has 4 nitrogen and oxygen atoms in total. The van der Waals surface area contributed by atoms with Crippen molar-refractivity contribution >= 4 is 10.0 Å². The van der Waals surface area contributed by atoms with Crippen molar-refractivity contribution in [2.75, 3.05) is 13.1 Å². The van der Waals surface area contributed by atoms with Crippen LogP contribution in [0, 0.1) is 0 Å². The zero-order valence-corrected chi connectivity index (χ0v) is 11.4. The average Bonchev–Trinajstić information content (AvgIpc) is 2.92. The normalized spacial score (nSPS) is 17.2. The van der Waals surface area contributed by atoms with Gasteiger partial charge < -0.3 is 5.11 Å². The third kappa shape index (κ3) is 2.43. The Balaban J connectivity index is 2.38. The van der Waals surface area contributed by atoms with Crippen LogP contribution >= 0.6 is 0 Å². The van der Waals surface area contributed by atoms with Gasteiger partial charge in [0.25, 0.3) is 0 Å². The lowest BCUT2D eigenvalue weighted by atomic mass is 10.1. The standard InChI is InChI=1S/C13H19NO3S/c1-2-11-5-6-13(9-12(11)10-15)18(16,17)14-7-3-4-8-14/h5-6,9,15H,2-4,7-8,10H2,1H3. The number of rotatable bonds is 4. The van der Waals surface area contributed by atoms with Gasteiger partial charge in [0.2, 0.25) is 10.0 Å². The molecule has 1 saturated heterocycles. The molecule has 0 radical (unpaired) electrons. The quantitative estimate of drug-likeness (QED) is 0.901. The van der Waals surface area contributed by atoms with Gasteiger partial charge in [-0.15, -0.1) is 0 Å². The van der Waals surface area contributed by atoms with Crippen LogP contribution in [0.2, 0.25) is 0 Å². The minimum atomic E-state index is -3.37. The van der Waals surface area contributed by atoms with E-state index in [9.17, 15) is 13.5 Å². The predicted octanol–water partition coefficient (Wildman–Crippen LogP) is 1.53. The number of hydrogen-bond donors (Lipinski definition) is 1. The topological polar surface area (TPSA) is 57.6 Å². The predicted molar refractivity (Wildman–Crippen MR) is 69.7 cm³/mol. The summed E-state index contributed by atoms with van der Waals surface area (Å²) in [6.45, 7) is 3.08. The lowest BCUT2D eigenvalue weighted by Crippen LogP contribution is -2.28. The molecule has 1 aliphatic rings. The van der Waals surface area contributed by atoms with Gasteiger partial charge in [-0.05, 0) is 42.5 Å². The molecule has 5 heteroatoms. The molecule has 1 aromatic rings. The van der Waals surface area contributed by atoms with E-state index in [2.05, 4.69) is 0 Å². The fourth-order valence-corrected chi connectivity index (χ4v) is 3.90. The molecule has 2 rings (SSSR count). The number of benzene rings is 1. The van der Waals surface area contributed by atoms with Crippen LogP contribution in [0.25, 0.3) is 0 Å². The molecule has 18 heavy (non-hydrogen) atoms. The maximum Gasteiger partial charge on any atom is 0.243 e. The van der Waals surface area contributed by atoms with Crippen LogP contribution in [0.4, 0.5) is 0 Å². The van der Waals surface area contributed by atoms with Gasteiger partial charge in [-0.25, -0.2) is 8.42 Å². The van der Waals surface area contributed by atoms with E-state index in [1.165, 1.54) is 4.31 Å². The molecule has 0 unspecified atom stereocenters. The van der Waals surface area contributed by atoms with Crippen molar-refractivity contribution in [1.82, 2.24) is 4.31 Å². The Morgan fingerprint density at radius 1 is 1.22 bits per heavy atom. The largest absolute Gasteiger partial charge is 0.392 e. The summed E-state index contributed by atoms with van der Waals surface area (Å²) >= 11 is 0. The highest BCUT2D eigenvalue weighted by Crippen LogP contribution is 2.23. The van der Waals surface area contributed by atoms with Gasteiger partial charge in [0, 0.05) is 13.1 Å². The highest BCUT2D eigenvalue weighted by molar-refractivity contribution is 7.89. The zero-order chi connectivity index (χ0) is 13.2. The van der Waals surface area contributed by atoms with Gasteiger partial charge in [0.15, 0.2) is 0 Å². The van der Waals surface area contributed by atoms with Crippen LogP contribution in [0.1, 0.15) is 30.9 Å². The third-order valence-corrected chi connectivity index (χ3v) is 5.33. The molecule has 1 N–H and O–H groups in total. The molecule has 1 aromatic carbocycles. The zero-order valence-electron chi connectivity index (χ0n) is 10.6. The number of hydrogen-bond acceptors (Lipinski definition) is 3. The fraction of sp³-hybridized carbons (Fsp3) is 0.538. The molecule has 0 aromatic heterocycles. The van der Waals surface area contributed by atoms with Crippen molar-refractivity contribution in [3.05, 3.63) is 29.3 Å². The summed E-state index contributed by atoms with van der Waals surface area (Å²) in [5, 5.41) is 9.30. The molecule has 0 amide bonds. The Morgan fingerprint density at radius 3 is 2.44 bits per heavy atom. The van der Waals surface area contributed by atoms with Gasteiger partial charge in [-0.1, -0.05) is 13.0 Å². The Morgan fingerprint density at radius 2 is 1.89 bits per heavy atom. The molecule has 1 heterocycles. The monoisotopic (exact) mass is 269 g/mol. The van der Waals surface area contributed by atoms with E-state index >= 15 is 0 Å². The summed E-state index contributed by atoms with van der Waals surface area (Å²) in [6.07, 6.45) is 2.65. The first kappa shape index (κ1) is 13.5. The SMILES string of the molecule is CCc1ccc(S(=O)(=O)N2CCCC2)cc1CO. The van der Waals surface area contributed by atoms with Crippen LogP contribution in [-0.2, 0) is 23.1 Å². The van der Waals surface area contributed by atoms with Gasteiger partial charge in [-0.2, -0.15) is 4.31 Å². The second kappa shape index (κ2) is 5.38. The van der Waals surface area contributed by atoms with Gasteiger partial charge in [0.05, 0.1) is 11.5 Å². The molecule has 1 aliphatic heterocycles. The highest BCUT2D eigenvalue weighted by Gasteiger charge is 2.27. The second-order valence-corrected chi connectivity index (χ2v) is 6.49. The Bertz CT molecular complexity index is 519. The van der Waals surface area contributed by atoms with E-state index < -0.39 is 10.0 Å². The molecule has 1 fully saturated rings. The lowest BCUT2D eigenvalue weighted by molar-refractivity contribution is 0.280. The molecule has 0 aliphatic carbocycles. The number of sulfonamides is 1. The lowest BCUT2D eigenvalue weighted by Gasteiger charge is -2.16. The maximum absolute atomic E-state index is 12.3. The second-order valence-electron chi connectivity index (χ2n) is 4.55. The van der Waals surface area contributed by atoms with Crippen molar-refractivity contribution in [2.45, 2.75) is 37.7 Å². The van der Waals surface area contributed by atoms with Crippen molar-refractivity contribution in [2.24, 2.45) is 0 Å². The number of aliphatic hydroxyl groups is 1. The van der Waals surface area contributed by atoms with Crippen LogP contribution in [-0.4, -0.2) is 30.9 Å². The summed E-state index contributed by atoms with van der Waals surface area (Å²) < 4.78 is 26.2. The van der Waals surface area contributed by atoms with Crippen LogP contribution in [0.3, 0.4) is 0 Å². The van der Waals surface area contributed by atoms with E-state index in [-0.39, 0.29) is 6.61 Å². The smallest absolute Gasteiger partial charge is 0.243 e. The summed E-state index contributed by atoms with van der Waals surface area (Å²) in [6, 6.07) is 5.05. The molecule has 0 bridgehead atoms. The highest BCUT2D eigenvalue weighted by atomic mass is 32.2. The number of aliphatic hydroxyl groups excluding tert-OH is 1. The summed E-state index contributed by atoms with van der Waals surface area (Å²) in [7, 11) is -3.37. The first-order chi connectivity index (χ1) is 8.59. The van der Waals surface area contributed by atoms with Gasteiger partial charge in [-0.3, -0.25) is 0 Å². The molecule has 100 valence electrons. The van der Waals surface area contributed by atoms with Crippen LogP contribution in [0.15, 0.2) is 23.1 Å². The maximum atomic E-state index is 12.3. The van der Waals surface area contributed by atoms with Crippen molar-refractivity contribution in [1.29, 1.82) is 0 Å². The van der Waals surface area contributed by atoms with Gasteiger partial charge in [0.1, 0.15) is 0 Å². The molecule has 0 atom stereocenters. The molecular weight excluding hydrogens is 250 g/mol. The van der Waals surface area contributed by atoms with E-state index in [1.54, 1.807) is 18.2 Å². The summed E-state index contributed by atoms with van der Waals surface area (Å²) in [5.74, 6) is 0.